The molecule has 0 radical (unpaired) electrons. The van der Waals surface area contributed by atoms with Gasteiger partial charge in [0.15, 0.2) is 0 Å². The Morgan fingerprint density at radius 2 is 1.83 bits per heavy atom. The van der Waals surface area contributed by atoms with E-state index in [4.69, 9.17) is 9.72 Å². The summed E-state index contributed by atoms with van der Waals surface area (Å²) in [5.74, 6) is 1.55. The minimum absolute atomic E-state index is 0.0259. The van der Waals surface area contributed by atoms with Crippen molar-refractivity contribution in [3.63, 3.8) is 0 Å². The quantitative estimate of drug-likeness (QED) is 0.658. The summed E-state index contributed by atoms with van der Waals surface area (Å²) < 4.78 is 7.31. The molecule has 1 aliphatic rings. The molecule has 29 heavy (non-hydrogen) atoms. The summed E-state index contributed by atoms with van der Waals surface area (Å²) in [4.78, 5) is 18.3. The summed E-state index contributed by atoms with van der Waals surface area (Å²) in [7, 11) is 0. The average molecular weight is 392 g/mol. The zero-order chi connectivity index (χ0) is 20.2. The number of nitrogens with zero attached hydrogens (tertiary/aromatic N) is 2. The van der Waals surface area contributed by atoms with Crippen LogP contribution in [0.4, 0.5) is 0 Å². The molecule has 4 rings (SSSR count). The van der Waals surface area contributed by atoms with Crippen LogP contribution in [0.15, 0.2) is 53.3 Å². The van der Waals surface area contributed by atoms with Crippen LogP contribution >= 0.6 is 0 Å². The van der Waals surface area contributed by atoms with Crippen LogP contribution in [0, 0.1) is 0 Å². The normalized spacial score (nSPS) is 16.1. The fraction of sp³-hybridized carbons (Fsp3) is 0.417. The summed E-state index contributed by atoms with van der Waals surface area (Å²) in [6.07, 6.45) is 6.22. The Bertz CT molecular complexity index is 1020. The zero-order valence-electron chi connectivity index (χ0n) is 17.2. The van der Waals surface area contributed by atoms with Gasteiger partial charge in [0, 0.05) is 6.04 Å². The number of aromatic nitrogens is 2. The highest BCUT2D eigenvalue weighted by atomic mass is 16.5. The van der Waals surface area contributed by atoms with E-state index in [1.807, 2.05) is 55.5 Å². The molecule has 152 valence electrons. The maximum Gasteiger partial charge on any atom is 0.266 e. The number of nitrogens with one attached hydrogen (secondary N) is 1. The molecule has 0 aliphatic heterocycles. The van der Waals surface area contributed by atoms with Gasteiger partial charge in [0.1, 0.15) is 11.6 Å². The lowest BCUT2D eigenvalue weighted by Crippen LogP contribution is -2.36. The molecular weight excluding hydrogens is 362 g/mol. The van der Waals surface area contributed by atoms with Gasteiger partial charge in [-0.2, -0.15) is 0 Å². The summed E-state index contributed by atoms with van der Waals surface area (Å²) in [6.45, 7) is 4.68. The molecule has 1 saturated carbocycles. The van der Waals surface area contributed by atoms with Crippen molar-refractivity contribution in [1.29, 1.82) is 0 Å². The second-order valence-electron chi connectivity index (χ2n) is 7.78. The maximum atomic E-state index is 13.4. The van der Waals surface area contributed by atoms with E-state index in [0.717, 1.165) is 22.8 Å². The van der Waals surface area contributed by atoms with Crippen LogP contribution in [0.25, 0.3) is 16.6 Å². The van der Waals surface area contributed by atoms with Gasteiger partial charge in [0.2, 0.25) is 0 Å². The Morgan fingerprint density at radius 1 is 1.10 bits per heavy atom. The van der Waals surface area contributed by atoms with Crippen molar-refractivity contribution >= 4 is 10.9 Å². The lowest BCUT2D eigenvalue weighted by molar-refractivity contribution is 0.339. The first-order valence-corrected chi connectivity index (χ1v) is 10.7. The molecule has 1 N–H and O–H groups in total. The number of hydrogen-bond donors (Lipinski definition) is 1. The van der Waals surface area contributed by atoms with E-state index in [2.05, 4.69) is 12.2 Å². The molecule has 0 saturated heterocycles. The predicted octanol–water partition coefficient (Wildman–Crippen LogP) is 4.77. The van der Waals surface area contributed by atoms with Gasteiger partial charge in [-0.3, -0.25) is 9.36 Å². The van der Waals surface area contributed by atoms with Crippen LogP contribution in [-0.2, 0) is 0 Å². The van der Waals surface area contributed by atoms with Gasteiger partial charge in [0.05, 0.1) is 29.2 Å². The summed E-state index contributed by atoms with van der Waals surface area (Å²) in [5, 5.41) is 4.36. The van der Waals surface area contributed by atoms with E-state index in [-0.39, 0.29) is 11.6 Å². The Balaban J connectivity index is 1.78. The Morgan fingerprint density at radius 3 is 2.55 bits per heavy atom. The van der Waals surface area contributed by atoms with Gasteiger partial charge in [-0.25, -0.2) is 4.98 Å². The van der Waals surface area contributed by atoms with Gasteiger partial charge < -0.3 is 10.1 Å². The Hall–Kier alpha value is -2.66. The predicted molar refractivity (Wildman–Crippen MR) is 117 cm³/mol. The number of rotatable bonds is 6. The summed E-state index contributed by atoms with van der Waals surface area (Å²) in [5.41, 5.74) is 1.52. The van der Waals surface area contributed by atoms with E-state index < -0.39 is 0 Å². The molecular formula is C24H29N3O2. The minimum Gasteiger partial charge on any atom is -0.494 e. The Labute approximate surface area is 171 Å². The second-order valence-corrected chi connectivity index (χ2v) is 7.78. The molecule has 1 aromatic heterocycles. The van der Waals surface area contributed by atoms with Crippen molar-refractivity contribution in [2.24, 2.45) is 0 Å². The van der Waals surface area contributed by atoms with Crippen molar-refractivity contribution in [2.75, 3.05) is 6.61 Å². The lowest BCUT2D eigenvalue weighted by Gasteiger charge is -2.27. The van der Waals surface area contributed by atoms with E-state index in [9.17, 15) is 4.79 Å². The first kappa shape index (κ1) is 19.6. The van der Waals surface area contributed by atoms with Crippen molar-refractivity contribution in [3.8, 4) is 11.4 Å². The molecule has 1 fully saturated rings. The molecule has 0 unspecified atom stereocenters. The van der Waals surface area contributed by atoms with E-state index in [1.54, 1.807) is 4.57 Å². The van der Waals surface area contributed by atoms with Crippen LogP contribution in [0.5, 0.6) is 5.75 Å². The van der Waals surface area contributed by atoms with Crippen LogP contribution in [0.2, 0.25) is 0 Å². The number of para-hydroxylation sites is 1. The van der Waals surface area contributed by atoms with Gasteiger partial charge in [-0.15, -0.1) is 0 Å². The van der Waals surface area contributed by atoms with Crippen LogP contribution in [-0.4, -0.2) is 22.2 Å². The fourth-order valence-corrected chi connectivity index (χ4v) is 4.25. The molecule has 1 atom stereocenters. The van der Waals surface area contributed by atoms with Gasteiger partial charge in [-0.1, -0.05) is 31.4 Å². The third-order valence-electron chi connectivity index (χ3n) is 5.69. The second kappa shape index (κ2) is 8.78. The summed E-state index contributed by atoms with van der Waals surface area (Å²) >= 11 is 0. The zero-order valence-corrected chi connectivity index (χ0v) is 17.2. The minimum atomic E-state index is -0.0351. The first-order valence-electron chi connectivity index (χ1n) is 10.7. The smallest absolute Gasteiger partial charge is 0.266 e. The third-order valence-corrected chi connectivity index (χ3v) is 5.69. The Kier molecular flexibility index (Phi) is 5.95. The highest BCUT2D eigenvalue weighted by molar-refractivity contribution is 5.77. The largest absolute Gasteiger partial charge is 0.494 e. The van der Waals surface area contributed by atoms with Gasteiger partial charge in [0.25, 0.3) is 5.56 Å². The van der Waals surface area contributed by atoms with E-state index >= 15 is 0 Å². The summed E-state index contributed by atoms with van der Waals surface area (Å²) in [6, 6.07) is 15.7. The topological polar surface area (TPSA) is 56.1 Å². The molecule has 1 aliphatic carbocycles. The van der Waals surface area contributed by atoms with Crippen molar-refractivity contribution in [1.82, 2.24) is 14.9 Å². The van der Waals surface area contributed by atoms with Gasteiger partial charge in [-0.05, 0) is 63.1 Å². The van der Waals surface area contributed by atoms with Crippen molar-refractivity contribution in [2.45, 2.75) is 58.0 Å². The molecule has 1 heterocycles. The van der Waals surface area contributed by atoms with Crippen molar-refractivity contribution in [3.05, 3.63) is 64.7 Å². The molecule has 3 aromatic rings. The lowest BCUT2D eigenvalue weighted by atomic mass is 9.95. The van der Waals surface area contributed by atoms with Crippen LogP contribution in [0.3, 0.4) is 0 Å². The first-order chi connectivity index (χ1) is 14.2. The number of benzene rings is 2. The SMILES string of the molecule is CCOc1ccc(-n2c([C@@H](C)NC3CCCCC3)nc3ccccc3c2=O)cc1. The van der Waals surface area contributed by atoms with Gasteiger partial charge >= 0.3 is 0 Å². The number of ether oxygens (including phenoxy) is 1. The van der Waals surface area contributed by atoms with E-state index in [1.165, 1.54) is 32.1 Å². The molecule has 5 nitrogen and oxygen atoms in total. The molecule has 5 heteroatoms. The number of hydrogen-bond acceptors (Lipinski definition) is 4. The molecule has 0 spiro atoms. The third kappa shape index (κ3) is 4.20. The maximum absolute atomic E-state index is 13.4. The molecule has 2 aromatic carbocycles. The fourth-order valence-electron chi connectivity index (χ4n) is 4.25. The highest BCUT2D eigenvalue weighted by Gasteiger charge is 2.21. The monoisotopic (exact) mass is 391 g/mol. The van der Waals surface area contributed by atoms with Crippen LogP contribution in [0.1, 0.15) is 57.8 Å². The van der Waals surface area contributed by atoms with Crippen LogP contribution < -0.4 is 15.6 Å². The number of fused-ring (bicyclic) bond motifs is 1. The standard InChI is InChI=1S/C24H29N3O2/c1-3-29-20-15-13-19(14-16-20)27-23(17(2)25-18-9-5-4-6-10-18)26-22-12-8-7-11-21(22)24(27)28/h7-8,11-18,25H,3-6,9-10H2,1-2H3/t17-/m1/s1. The van der Waals surface area contributed by atoms with E-state index in [0.29, 0.717) is 18.0 Å². The molecule has 0 amide bonds. The highest BCUT2D eigenvalue weighted by Crippen LogP contribution is 2.23. The molecule has 0 bridgehead atoms. The van der Waals surface area contributed by atoms with Crippen molar-refractivity contribution < 1.29 is 4.74 Å². The average Bonchev–Trinajstić information content (AvgIpc) is 2.75.